The van der Waals surface area contributed by atoms with Crippen molar-refractivity contribution in [2.45, 2.75) is 31.8 Å². The summed E-state index contributed by atoms with van der Waals surface area (Å²) in [6.45, 7) is 8.11. The Kier molecular flexibility index (Phi) is 11.9. The van der Waals surface area contributed by atoms with Crippen LogP contribution in [0.1, 0.15) is 41.4 Å². The molecule has 11 heteroatoms. The molecule has 56 heavy (non-hydrogen) atoms. The van der Waals surface area contributed by atoms with Crippen LogP contribution in [0.25, 0.3) is 0 Å². The fourth-order valence-corrected chi connectivity index (χ4v) is 7.48. The number of aromatic nitrogens is 2. The van der Waals surface area contributed by atoms with Crippen LogP contribution in [0.5, 0.6) is 11.5 Å². The molecule has 3 saturated heterocycles. The first-order valence-electron chi connectivity index (χ1n) is 19.5. The van der Waals surface area contributed by atoms with Gasteiger partial charge in [0, 0.05) is 68.3 Å². The van der Waals surface area contributed by atoms with Gasteiger partial charge in [-0.2, -0.15) is 4.98 Å². The number of hydrogen-bond acceptors (Lipinski definition) is 11. The zero-order valence-electron chi connectivity index (χ0n) is 32.1. The number of piperazine rings is 1. The van der Waals surface area contributed by atoms with E-state index in [2.05, 4.69) is 56.4 Å². The van der Waals surface area contributed by atoms with E-state index in [1.807, 2.05) is 84.9 Å². The van der Waals surface area contributed by atoms with E-state index in [-0.39, 0.29) is 0 Å². The van der Waals surface area contributed by atoms with E-state index >= 15 is 0 Å². The highest BCUT2D eigenvalue weighted by Crippen LogP contribution is 2.36. The Bertz CT molecular complexity index is 2120. The molecule has 5 aromatic rings. The van der Waals surface area contributed by atoms with E-state index in [9.17, 15) is 0 Å². The van der Waals surface area contributed by atoms with Crippen LogP contribution in [0, 0.1) is 11.8 Å². The van der Waals surface area contributed by atoms with Crippen LogP contribution in [-0.4, -0.2) is 92.4 Å². The molecule has 0 unspecified atom stereocenters. The van der Waals surface area contributed by atoms with Crippen LogP contribution in [-0.2, 0) is 16.1 Å². The Morgan fingerprint density at radius 2 is 1.50 bits per heavy atom. The second-order valence-corrected chi connectivity index (χ2v) is 14.3. The number of nitrogens with zero attached hydrogens (tertiary/aromatic N) is 5. The van der Waals surface area contributed by atoms with Crippen molar-refractivity contribution in [2.75, 3.05) is 82.2 Å². The van der Waals surface area contributed by atoms with Crippen LogP contribution >= 0.6 is 0 Å². The lowest BCUT2D eigenvalue weighted by atomic mass is 10.0. The molecule has 0 aliphatic carbocycles. The minimum absolute atomic E-state index is 0.411. The molecular weight excluding hydrogens is 703 g/mol. The summed E-state index contributed by atoms with van der Waals surface area (Å²) in [5, 5.41) is 6.85. The molecule has 0 spiro atoms. The molecule has 1 aromatic heterocycles. The van der Waals surface area contributed by atoms with E-state index in [4.69, 9.17) is 28.9 Å². The summed E-state index contributed by atoms with van der Waals surface area (Å²) in [6, 6.07) is 32.8. The molecule has 2 N–H and O–H groups in total. The molecule has 0 saturated carbocycles. The number of rotatable bonds is 11. The molecule has 4 aromatic carbocycles. The van der Waals surface area contributed by atoms with Gasteiger partial charge in [0.05, 0.1) is 43.3 Å². The topological polar surface area (TPSA) is 96.5 Å². The molecule has 3 aliphatic heterocycles. The van der Waals surface area contributed by atoms with Crippen LogP contribution < -0.4 is 25.0 Å². The van der Waals surface area contributed by atoms with Gasteiger partial charge in [-0.3, -0.25) is 4.90 Å². The van der Waals surface area contributed by atoms with Gasteiger partial charge in [-0.15, -0.1) is 0 Å². The molecule has 0 radical (unpaired) electrons. The number of hydrogen-bond donors (Lipinski definition) is 2. The van der Waals surface area contributed by atoms with Gasteiger partial charge in [0.15, 0.2) is 12.1 Å². The average molecular weight is 752 g/mol. The Morgan fingerprint density at radius 1 is 0.768 bits per heavy atom. The first kappa shape index (κ1) is 37.3. The number of benzene rings is 4. The smallest absolute Gasteiger partial charge is 0.229 e. The SMILES string of the molecule is COc1cc(N2CCC(N3CCN(C)CC3)CC2)ccc1Nc1ncc(C#Cc2cccc(OCc3ccccc3)c2C2OCCO2)c(Nc2ccccc2)n1. The van der Waals surface area contributed by atoms with E-state index in [1.54, 1.807) is 13.3 Å². The summed E-state index contributed by atoms with van der Waals surface area (Å²) in [5.41, 5.74) is 6.01. The average Bonchev–Trinajstić information content (AvgIpc) is 3.79. The van der Waals surface area contributed by atoms with Crippen LogP contribution in [0.3, 0.4) is 0 Å². The Morgan fingerprint density at radius 3 is 2.25 bits per heavy atom. The summed E-state index contributed by atoms with van der Waals surface area (Å²) in [4.78, 5) is 17.2. The molecule has 8 rings (SSSR count). The van der Waals surface area contributed by atoms with Gasteiger partial charge >= 0.3 is 0 Å². The van der Waals surface area contributed by atoms with Gasteiger partial charge in [-0.05, 0) is 61.9 Å². The number of ether oxygens (including phenoxy) is 4. The summed E-state index contributed by atoms with van der Waals surface area (Å²) >= 11 is 0. The second-order valence-electron chi connectivity index (χ2n) is 14.3. The number of nitrogens with one attached hydrogen (secondary N) is 2. The molecular formula is C45H49N7O4. The van der Waals surface area contributed by atoms with E-state index in [0.717, 1.165) is 65.7 Å². The molecule has 3 fully saturated rings. The van der Waals surface area contributed by atoms with Gasteiger partial charge in [-0.25, -0.2) is 4.98 Å². The minimum atomic E-state index is -0.578. The summed E-state index contributed by atoms with van der Waals surface area (Å²) in [6.07, 6.45) is 3.50. The van der Waals surface area contributed by atoms with Gasteiger partial charge in [0.2, 0.25) is 5.95 Å². The first-order valence-corrected chi connectivity index (χ1v) is 19.5. The lowest BCUT2D eigenvalue weighted by molar-refractivity contribution is -0.0460. The van der Waals surface area contributed by atoms with Crippen molar-refractivity contribution in [3.8, 4) is 23.3 Å². The third kappa shape index (κ3) is 9.07. The van der Waals surface area contributed by atoms with Gasteiger partial charge in [0.25, 0.3) is 0 Å². The zero-order chi connectivity index (χ0) is 38.1. The van der Waals surface area contributed by atoms with Gasteiger partial charge in [-0.1, -0.05) is 66.4 Å². The zero-order valence-corrected chi connectivity index (χ0v) is 32.1. The first-order chi connectivity index (χ1) is 27.6. The maximum Gasteiger partial charge on any atom is 0.229 e. The second kappa shape index (κ2) is 17.9. The Hall–Kier alpha value is -5.64. The minimum Gasteiger partial charge on any atom is -0.494 e. The number of piperidine rings is 1. The fourth-order valence-electron chi connectivity index (χ4n) is 7.48. The lowest BCUT2D eigenvalue weighted by Crippen LogP contribution is -2.52. The number of likely N-dealkylation sites (N-methyl/N-ethyl adjacent to an activating group) is 1. The van der Waals surface area contributed by atoms with Gasteiger partial charge in [0.1, 0.15) is 18.1 Å². The molecule has 11 nitrogen and oxygen atoms in total. The molecule has 4 heterocycles. The van der Waals surface area contributed by atoms with E-state index < -0.39 is 6.29 Å². The third-order valence-corrected chi connectivity index (χ3v) is 10.6. The fraction of sp³-hybridized carbons (Fsp3) is 0.333. The normalized spacial score (nSPS) is 16.9. The van der Waals surface area contributed by atoms with E-state index in [0.29, 0.717) is 48.9 Å². The number of anilines is 5. The summed E-state index contributed by atoms with van der Waals surface area (Å²) in [5.74, 6) is 9.06. The van der Waals surface area contributed by atoms with Gasteiger partial charge < -0.3 is 39.4 Å². The molecule has 0 amide bonds. The van der Waals surface area contributed by atoms with Crippen LogP contribution in [0.4, 0.5) is 28.8 Å². The predicted molar refractivity (Wildman–Crippen MR) is 220 cm³/mol. The van der Waals surface area contributed by atoms with Crippen LogP contribution in [0.15, 0.2) is 103 Å². The maximum atomic E-state index is 6.30. The highest BCUT2D eigenvalue weighted by molar-refractivity contribution is 5.71. The maximum absolute atomic E-state index is 6.30. The van der Waals surface area contributed by atoms with Crippen molar-refractivity contribution in [3.63, 3.8) is 0 Å². The standard InChI is InChI=1S/C45H49N7O4/c1-50-24-26-52(27-25-50)37-20-22-51(23-21-37)38-18-19-39(41(30-38)53-2)48-45-46-31-35(43(49-45)47-36-13-7-4-8-14-36)17-16-34-12-9-15-40(42(34)44-54-28-29-55-44)56-32-33-10-5-3-6-11-33/h3-15,18-19,30-31,37,44H,20-29,32H2,1-2H3,(H2,46,47,48,49). The molecule has 288 valence electrons. The number of para-hydroxylation sites is 1. The van der Waals surface area contributed by atoms with Crippen molar-refractivity contribution in [1.82, 2.24) is 19.8 Å². The van der Waals surface area contributed by atoms with Crippen molar-refractivity contribution in [2.24, 2.45) is 0 Å². The van der Waals surface area contributed by atoms with Crippen molar-refractivity contribution in [1.29, 1.82) is 0 Å². The predicted octanol–water partition coefficient (Wildman–Crippen LogP) is 7.21. The highest BCUT2D eigenvalue weighted by Gasteiger charge is 2.28. The monoisotopic (exact) mass is 751 g/mol. The summed E-state index contributed by atoms with van der Waals surface area (Å²) < 4.78 is 24.1. The molecule has 0 atom stereocenters. The number of methoxy groups -OCH3 is 1. The lowest BCUT2D eigenvalue weighted by Gasteiger charge is -2.42. The van der Waals surface area contributed by atoms with Crippen molar-refractivity contribution >= 4 is 28.8 Å². The Balaban J connectivity index is 1.02. The molecule has 0 bridgehead atoms. The molecule has 3 aliphatic rings. The third-order valence-electron chi connectivity index (χ3n) is 10.6. The Labute approximate surface area is 329 Å². The quantitative estimate of drug-likeness (QED) is 0.134. The summed E-state index contributed by atoms with van der Waals surface area (Å²) in [7, 11) is 3.91. The largest absolute Gasteiger partial charge is 0.494 e. The van der Waals surface area contributed by atoms with Crippen molar-refractivity contribution < 1.29 is 18.9 Å². The van der Waals surface area contributed by atoms with E-state index in [1.165, 1.54) is 25.9 Å². The van der Waals surface area contributed by atoms with Crippen LogP contribution in [0.2, 0.25) is 0 Å². The highest BCUT2D eigenvalue weighted by atomic mass is 16.7. The van der Waals surface area contributed by atoms with Crippen molar-refractivity contribution in [3.05, 3.63) is 126 Å².